The summed E-state index contributed by atoms with van der Waals surface area (Å²) in [6.07, 6.45) is 3.24. The van der Waals surface area contributed by atoms with Gasteiger partial charge in [0.2, 0.25) is 0 Å². The van der Waals surface area contributed by atoms with E-state index in [1.54, 1.807) is 0 Å². The van der Waals surface area contributed by atoms with Crippen LogP contribution in [0.4, 0.5) is 0 Å². The Morgan fingerprint density at radius 3 is 2.81 bits per heavy atom. The fourth-order valence-electron chi connectivity index (χ4n) is 5.26. The Bertz CT molecular complexity index is 1380. The molecule has 1 aliphatic carbocycles. The van der Waals surface area contributed by atoms with E-state index >= 15 is 0 Å². The molecule has 2 aliphatic rings. The van der Waals surface area contributed by atoms with Gasteiger partial charge in [-0.15, -0.1) is 0 Å². The van der Waals surface area contributed by atoms with E-state index in [1.165, 1.54) is 6.33 Å². The van der Waals surface area contributed by atoms with Crippen molar-refractivity contribution >= 4 is 61.1 Å². The van der Waals surface area contributed by atoms with Crippen LogP contribution in [-0.2, 0) is 0 Å². The van der Waals surface area contributed by atoms with E-state index in [1.807, 2.05) is 41.1 Å². The molecule has 0 radical (unpaired) electrons. The van der Waals surface area contributed by atoms with Gasteiger partial charge in [-0.2, -0.15) is 0 Å². The van der Waals surface area contributed by atoms with Crippen LogP contribution in [0.15, 0.2) is 47.3 Å². The molecule has 2 fully saturated rings. The number of nitrogens with zero attached hydrogens (tertiary/aromatic N) is 4. The Kier molecular flexibility index (Phi) is 4.77. The number of aromatic nitrogens is 4. The molecule has 3 N–H and O–H groups in total. The summed E-state index contributed by atoms with van der Waals surface area (Å²) in [6, 6.07) is 9.08. The van der Waals surface area contributed by atoms with Crippen molar-refractivity contribution in [1.29, 1.82) is 0 Å². The van der Waals surface area contributed by atoms with Gasteiger partial charge in [-0.05, 0) is 52.5 Å². The molecule has 6 rings (SSSR count). The number of pyridine rings is 1. The van der Waals surface area contributed by atoms with Gasteiger partial charge in [0.1, 0.15) is 34.0 Å². The van der Waals surface area contributed by atoms with Gasteiger partial charge in [0.25, 0.3) is 0 Å². The number of aliphatic hydroxyl groups is 2. The summed E-state index contributed by atoms with van der Waals surface area (Å²) in [5.74, 6) is 0. The topological polar surface area (TPSA) is 96.1 Å². The Balaban J connectivity index is 1.30. The third kappa shape index (κ3) is 3.01. The Morgan fingerprint density at radius 2 is 2.00 bits per heavy atom. The lowest BCUT2D eigenvalue weighted by atomic mass is 9.90. The maximum Gasteiger partial charge on any atom is 0.145 e. The third-order valence-corrected chi connectivity index (χ3v) is 8.29. The molecule has 10 heteroatoms. The molecule has 4 aromatic rings. The van der Waals surface area contributed by atoms with Crippen molar-refractivity contribution < 1.29 is 10.2 Å². The second-order valence-electron chi connectivity index (χ2n) is 8.55. The van der Waals surface area contributed by atoms with Gasteiger partial charge >= 0.3 is 0 Å². The van der Waals surface area contributed by atoms with Crippen LogP contribution in [0.25, 0.3) is 21.9 Å². The van der Waals surface area contributed by atoms with E-state index in [2.05, 4.69) is 36.2 Å². The minimum atomic E-state index is -1.26. The van der Waals surface area contributed by atoms with Gasteiger partial charge in [0.05, 0.1) is 21.4 Å². The minimum absolute atomic E-state index is 0.104. The summed E-state index contributed by atoms with van der Waals surface area (Å²) in [4.78, 5) is 12.8. The molecule has 5 atom stereocenters. The molecule has 1 aromatic carbocycles. The first kappa shape index (κ1) is 20.8. The van der Waals surface area contributed by atoms with E-state index in [-0.39, 0.29) is 18.1 Å². The average molecular weight is 535 g/mol. The zero-order chi connectivity index (χ0) is 22.2. The number of hydrogen-bond donors (Lipinski definition) is 3. The Hall–Kier alpha value is -1.81. The first-order valence-electron chi connectivity index (χ1n) is 10.2. The van der Waals surface area contributed by atoms with Crippen molar-refractivity contribution in [1.82, 2.24) is 24.8 Å². The van der Waals surface area contributed by atoms with Crippen LogP contribution < -0.4 is 5.32 Å². The molecular weight excluding hydrogens is 517 g/mol. The maximum atomic E-state index is 11.5. The number of nitrogens with one attached hydrogen (secondary N) is 1. The summed E-state index contributed by atoms with van der Waals surface area (Å²) in [6.45, 7) is 0. The second-order valence-corrected chi connectivity index (χ2v) is 10.1. The zero-order valence-electron chi connectivity index (χ0n) is 16.6. The average Bonchev–Trinajstić information content (AvgIpc) is 3.40. The Morgan fingerprint density at radius 1 is 1.16 bits per heavy atom. The maximum absolute atomic E-state index is 11.5. The molecule has 0 bridgehead atoms. The van der Waals surface area contributed by atoms with Crippen molar-refractivity contribution in [2.75, 3.05) is 0 Å². The zero-order valence-corrected chi connectivity index (χ0v) is 19.7. The molecule has 1 saturated carbocycles. The highest BCUT2D eigenvalue weighted by atomic mass is 79.9. The van der Waals surface area contributed by atoms with E-state index in [9.17, 15) is 10.2 Å². The number of aliphatic hydroxyl groups excluding tert-OH is 1. The van der Waals surface area contributed by atoms with E-state index in [0.29, 0.717) is 28.8 Å². The summed E-state index contributed by atoms with van der Waals surface area (Å²) in [7, 11) is 0. The largest absolute Gasteiger partial charge is 0.388 e. The van der Waals surface area contributed by atoms with Crippen molar-refractivity contribution in [2.45, 2.75) is 42.7 Å². The van der Waals surface area contributed by atoms with Crippen LogP contribution in [0.1, 0.15) is 30.5 Å². The molecule has 7 nitrogen and oxygen atoms in total. The summed E-state index contributed by atoms with van der Waals surface area (Å²) >= 11 is 15.8. The fourth-order valence-corrected chi connectivity index (χ4v) is 5.93. The monoisotopic (exact) mass is 533 g/mol. The van der Waals surface area contributed by atoms with E-state index in [0.717, 1.165) is 26.3 Å². The molecule has 32 heavy (non-hydrogen) atoms. The van der Waals surface area contributed by atoms with Crippen molar-refractivity contribution in [3.8, 4) is 0 Å². The number of halogens is 3. The Labute approximate surface area is 201 Å². The molecular formula is C22H18BrCl2N5O2. The number of hydrogen-bond acceptors (Lipinski definition) is 6. The first-order chi connectivity index (χ1) is 15.3. The summed E-state index contributed by atoms with van der Waals surface area (Å²) in [5.41, 5.74) is 1.18. The van der Waals surface area contributed by atoms with Crippen molar-refractivity contribution in [3.63, 3.8) is 0 Å². The van der Waals surface area contributed by atoms with Crippen LogP contribution in [0.5, 0.6) is 0 Å². The molecule has 1 aliphatic heterocycles. The molecule has 1 saturated heterocycles. The predicted molar refractivity (Wildman–Crippen MR) is 126 cm³/mol. The van der Waals surface area contributed by atoms with Crippen molar-refractivity contribution in [2.24, 2.45) is 0 Å². The smallest absolute Gasteiger partial charge is 0.145 e. The van der Waals surface area contributed by atoms with E-state index < -0.39 is 11.7 Å². The SMILES string of the molecule is O[C@H]1C(n2ccc3c(Cl)ncnc32)CC2NC(c3ccc4cc(Br)c(Cl)nc4c3)C[C@]21O. The molecule has 0 amide bonds. The number of fused-ring (bicyclic) bond motifs is 3. The first-order valence-corrected chi connectivity index (χ1v) is 11.8. The molecule has 0 spiro atoms. The van der Waals surface area contributed by atoms with E-state index in [4.69, 9.17) is 23.2 Å². The highest BCUT2D eigenvalue weighted by molar-refractivity contribution is 9.10. The van der Waals surface area contributed by atoms with Crippen LogP contribution in [0.2, 0.25) is 10.3 Å². The van der Waals surface area contributed by atoms with Crippen molar-refractivity contribution in [3.05, 3.63) is 63.2 Å². The molecule has 3 aromatic heterocycles. The van der Waals surface area contributed by atoms with Gasteiger partial charge in [0.15, 0.2) is 0 Å². The standard InChI is InChI=1S/C22H18BrCl2N5O2/c23-13-5-10-1-2-11(6-14(10)29-20(13)25)15-8-22(32)17(28-15)7-16(18(22)31)30-4-3-12-19(24)26-9-27-21(12)30/h1-6,9,15-18,28,31-32H,7-8H2/t15?,16?,17?,18-,22-/m0/s1. The highest BCUT2D eigenvalue weighted by Gasteiger charge is 2.59. The number of benzene rings is 1. The molecule has 164 valence electrons. The summed E-state index contributed by atoms with van der Waals surface area (Å²) < 4.78 is 2.64. The highest BCUT2D eigenvalue weighted by Crippen LogP contribution is 2.49. The molecule has 4 heterocycles. The lowest BCUT2D eigenvalue weighted by Gasteiger charge is -2.28. The molecule has 3 unspecified atom stereocenters. The van der Waals surface area contributed by atoms with Crippen LogP contribution in [0.3, 0.4) is 0 Å². The van der Waals surface area contributed by atoms with Gasteiger partial charge in [-0.3, -0.25) is 0 Å². The van der Waals surface area contributed by atoms with Gasteiger partial charge in [-0.25, -0.2) is 15.0 Å². The normalized spacial score (nSPS) is 29.8. The van der Waals surface area contributed by atoms with Crippen LogP contribution >= 0.6 is 39.1 Å². The minimum Gasteiger partial charge on any atom is -0.388 e. The quantitative estimate of drug-likeness (QED) is 0.263. The fraction of sp³-hybridized carbons (Fsp3) is 0.318. The number of rotatable bonds is 2. The van der Waals surface area contributed by atoms with Gasteiger partial charge in [-0.1, -0.05) is 35.3 Å². The van der Waals surface area contributed by atoms with Crippen LogP contribution in [-0.4, -0.2) is 47.5 Å². The van der Waals surface area contributed by atoms with Crippen LogP contribution in [0, 0.1) is 0 Å². The van der Waals surface area contributed by atoms with Gasteiger partial charge in [0, 0.05) is 23.7 Å². The second kappa shape index (κ2) is 7.35. The summed E-state index contributed by atoms with van der Waals surface area (Å²) in [5, 5.41) is 28.7. The van der Waals surface area contributed by atoms with Gasteiger partial charge < -0.3 is 20.1 Å². The predicted octanol–water partition coefficient (Wildman–Crippen LogP) is 4.19. The third-order valence-electron chi connectivity index (χ3n) is 6.86. The lowest BCUT2D eigenvalue weighted by molar-refractivity contribution is -0.0656. The lowest BCUT2D eigenvalue weighted by Crippen LogP contribution is -2.46.